The summed E-state index contributed by atoms with van der Waals surface area (Å²) < 4.78 is 45.7. The molecule has 0 amide bonds. The molecule has 8 heteroatoms. The Morgan fingerprint density at radius 2 is 1.93 bits per heavy atom. The molecule has 1 N–H and O–H groups in total. The third-order valence-electron chi connectivity index (χ3n) is 5.59. The Bertz CT molecular complexity index is 692. The van der Waals surface area contributed by atoms with Crippen molar-refractivity contribution >= 4 is 5.82 Å². The molecular weight excluding hydrogens is 368 g/mol. The first-order valence-electron chi connectivity index (χ1n) is 10.0. The predicted octanol–water partition coefficient (Wildman–Crippen LogP) is 2.99. The number of nitrogens with zero attached hydrogens (tertiary/aromatic N) is 2. The maximum Gasteiger partial charge on any atom is 0.287 e. The monoisotopic (exact) mass is 397 g/mol. The second kappa shape index (κ2) is 7.48. The third-order valence-corrected chi connectivity index (χ3v) is 5.59. The van der Waals surface area contributed by atoms with E-state index in [9.17, 15) is 8.78 Å². The molecule has 0 radical (unpaired) electrons. The molecule has 0 aliphatic carbocycles. The van der Waals surface area contributed by atoms with Crippen LogP contribution in [-0.2, 0) is 20.1 Å². The van der Waals surface area contributed by atoms with Crippen molar-refractivity contribution in [3.63, 3.8) is 0 Å². The maximum atomic E-state index is 13.6. The third kappa shape index (κ3) is 4.30. The van der Waals surface area contributed by atoms with Crippen LogP contribution in [-0.4, -0.2) is 66.3 Å². The number of alkyl halides is 2. The van der Waals surface area contributed by atoms with Crippen molar-refractivity contribution in [2.45, 2.75) is 69.7 Å². The molecule has 3 aliphatic heterocycles. The first kappa shape index (κ1) is 19.9. The highest BCUT2D eigenvalue weighted by Crippen LogP contribution is 2.37. The standard InChI is InChI=1S/C20H29F2N3O3/c1-19(2)27-17-13(23-16-8-6-7-15(24-16)20(3,21)22)12-26-14(18(17)28-19)11-25-9-4-5-10-25/h6-8,13-14,17-18H,4-5,9-12H2,1-3H3,(H,23,24)/t13-,14+,17+,18-/m0/s1. The van der Waals surface area contributed by atoms with Crippen molar-refractivity contribution in [1.29, 1.82) is 0 Å². The number of rotatable bonds is 5. The van der Waals surface area contributed by atoms with Crippen LogP contribution in [0.2, 0.25) is 0 Å². The van der Waals surface area contributed by atoms with Crippen LogP contribution in [0.5, 0.6) is 0 Å². The minimum atomic E-state index is -2.99. The van der Waals surface area contributed by atoms with Gasteiger partial charge in [-0.25, -0.2) is 4.98 Å². The molecule has 156 valence electrons. The van der Waals surface area contributed by atoms with Crippen LogP contribution in [0.1, 0.15) is 39.3 Å². The van der Waals surface area contributed by atoms with Crippen molar-refractivity contribution in [2.75, 3.05) is 31.6 Å². The van der Waals surface area contributed by atoms with Crippen LogP contribution in [0, 0.1) is 0 Å². The largest absolute Gasteiger partial charge is 0.372 e. The summed E-state index contributed by atoms with van der Waals surface area (Å²) in [4.78, 5) is 6.47. The maximum absolute atomic E-state index is 13.6. The quantitative estimate of drug-likeness (QED) is 0.825. The lowest BCUT2D eigenvalue weighted by Gasteiger charge is -2.39. The Kier molecular flexibility index (Phi) is 5.33. The van der Waals surface area contributed by atoms with E-state index in [0.717, 1.165) is 26.6 Å². The van der Waals surface area contributed by atoms with Crippen LogP contribution in [0.15, 0.2) is 18.2 Å². The molecule has 0 saturated carbocycles. The number of hydrogen-bond donors (Lipinski definition) is 1. The van der Waals surface area contributed by atoms with Crippen molar-refractivity contribution < 1.29 is 23.0 Å². The number of likely N-dealkylation sites (tertiary alicyclic amines) is 1. The van der Waals surface area contributed by atoms with Crippen LogP contribution in [0.4, 0.5) is 14.6 Å². The minimum Gasteiger partial charge on any atom is -0.372 e. The first-order chi connectivity index (χ1) is 13.2. The molecule has 3 fully saturated rings. The Labute approximate surface area is 164 Å². The van der Waals surface area contributed by atoms with E-state index in [-0.39, 0.29) is 30.0 Å². The molecule has 3 saturated heterocycles. The van der Waals surface area contributed by atoms with Crippen LogP contribution >= 0.6 is 0 Å². The molecule has 4 rings (SSSR count). The lowest BCUT2D eigenvalue weighted by atomic mass is 9.97. The summed E-state index contributed by atoms with van der Waals surface area (Å²) in [6.45, 7) is 8.04. The second-order valence-corrected chi connectivity index (χ2v) is 8.49. The molecule has 1 aromatic rings. The summed E-state index contributed by atoms with van der Waals surface area (Å²) in [7, 11) is 0. The zero-order chi connectivity index (χ0) is 19.9. The molecular formula is C20H29F2N3O3. The lowest BCUT2D eigenvalue weighted by Crippen LogP contribution is -2.57. The normalized spacial score (nSPS) is 33.0. The van der Waals surface area contributed by atoms with Gasteiger partial charge < -0.3 is 24.4 Å². The molecule has 28 heavy (non-hydrogen) atoms. The Balaban J connectivity index is 1.48. The number of fused-ring (bicyclic) bond motifs is 1. The number of hydrogen-bond acceptors (Lipinski definition) is 6. The SMILES string of the molecule is CC1(C)O[C@@H]2[C@H](O1)[C@@H](Nc1cccc(C(C)(F)F)n1)CO[C@@H]2CN1CCCC1. The van der Waals surface area contributed by atoms with Crippen LogP contribution < -0.4 is 5.32 Å². The number of halogens is 2. The second-order valence-electron chi connectivity index (χ2n) is 8.49. The van der Waals surface area contributed by atoms with Gasteiger partial charge in [0, 0.05) is 13.5 Å². The number of pyridine rings is 1. The molecule has 3 aliphatic rings. The Morgan fingerprint density at radius 3 is 2.64 bits per heavy atom. The highest BCUT2D eigenvalue weighted by molar-refractivity contribution is 5.38. The molecule has 4 heterocycles. The van der Waals surface area contributed by atoms with Crippen molar-refractivity contribution in [1.82, 2.24) is 9.88 Å². The number of nitrogens with one attached hydrogen (secondary N) is 1. The minimum absolute atomic E-state index is 0.0674. The molecule has 0 bridgehead atoms. The van der Waals surface area contributed by atoms with Crippen LogP contribution in [0.3, 0.4) is 0 Å². The van der Waals surface area contributed by atoms with Gasteiger partial charge in [-0.3, -0.25) is 0 Å². The average Bonchev–Trinajstić information content (AvgIpc) is 3.23. The van der Waals surface area contributed by atoms with Gasteiger partial charge in [0.25, 0.3) is 5.92 Å². The highest BCUT2D eigenvalue weighted by atomic mass is 19.3. The van der Waals surface area contributed by atoms with Crippen molar-refractivity contribution in [2.24, 2.45) is 0 Å². The Hall–Kier alpha value is -1.35. The van der Waals surface area contributed by atoms with E-state index < -0.39 is 11.7 Å². The molecule has 0 unspecified atom stereocenters. The van der Waals surface area contributed by atoms with Gasteiger partial charge in [-0.05, 0) is 51.9 Å². The summed E-state index contributed by atoms with van der Waals surface area (Å²) in [5, 5.41) is 3.23. The number of ether oxygens (including phenoxy) is 3. The average molecular weight is 397 g/mol. The van der Waals surface area contributed by atoms with E-state index in [4.69, 9.17) is 14.2 Å². The van der Waals surface area contributed by atoms with Crippen LogP contribution in [0.25, 0.3) is 0 Å². The molecule has 1 aromatic heterocycles. The zero-order valence-corrected chi connectivity index (χ0v) is 16.7. The van der Waals surface area contributed by atoms with Gasteiger partial charge in [0.2, 0.25) is 0 Å². The van der Waals surface area contributed by atoms with Gasteiger partial charge in [0.1, 0.15) is 23.7 Å². The van der Waals surface area contributed by atoms with Gasteiger partial charge in [-0.15, -0.1) is 0 Å². The molecule has 4 atom stereocenters. The first-order valence-corrected chi connectivity index (χ1v) is 10.0. The van der Waals surface area contributed by atoms with E-state index in [1.54, 1.807) is 12.1 Å². The van der Waals surface area contributed by atoms with Crippen molar-refractivity contribution in [3.05, 3.63) is 23.9 Å². The van der Waals surface area contributed by atoms with Gasteiger partial charge in [-0.2, -0.15) is 8.78 Å². The fourth-order valence-corrected chi connectivity index (χ4v) is 4.28. The highest BCUT2D eigenvalue weighted by Gasteiger charge is 2.52. The van der Waals surface area contributed by atoms with E-state index in [2.05, 4.69) is 15.2 Å². The number of anilines is 1. The van der Waals surface area contributed by atoms with Crippen molar-refractivity contribution in [3.8, 4) is 0 Å². The van der Waals surface area contributed by atoms with E-state index in [1.165, 1.54) is 18.9 Å². The molecule has 0 aromatic carbocycles. The Morgan fingerprint density at radius 1 is 1.21 bits per heavy atom. The molecule has 0 spiro atoms. The van der Waals surface area contributed by atoms with Gasteiger partial charge in [0.05, 0.1) is 18.8 Å². The smallest absolute Gasteiger partial charge is 0.287 e. The number of aromatic nitrogens is 1. The summed E-state index contributed by atoms with van der Waals surface area (Å²) in [6.07, 6.45) is 1.93. The summed E-state index contributed by atoms with van der Waals surface area (Å²) in [5.74, 6) is -3.31. The summed E-state index contributed by atoms with van der Waals surface area (Å²) in [6, 6.07) is 4.36. The lowest BCUT2D eigenvalue weighted by molar-refractivity contribution is -0.155. The van der Waals surface area contributed by atoms with Gasteiger partial charge in [-0.1, -0.05) is 6.07 Å². The van der Waals surface area contributed by atoms with Gasteiger partial charge >= 0.3 is 0 Å². The zero-order valence-electron chi connectivity index (χ0n) is 16.7. The van der Waals surface area contributed by atoms with E-state index >= 15 is 0 Å². The summed E-state index contributed by atoms with van der Waals surface area (Å²) >= 11 is 0. The topological polar surface area (TPSA) is 55.9 Å². The van der Waals surface area contributed by atoms with E-state index in [1.807, 2.05) is 13.8 Å². The fourth-order valence-electron chi connectivity index (χ4n) is 4.28. The fraction of sp³-hybridized carbons (Fsp3) is 0.750. The summed E-state index contributed by atoms with van der Waals surface area (Å²) in [5.41, 5.74) is -0.262. The molecule has 6 nitrogen and oxygen atoms in total. The van der Waals surface area contributed by atoms with Gasteiger partial charge in [0.15, 0.2) is 5.79 Å². The van der Waals surface area contributed by atoms with E-state index in [0.29, 0.717) is 12.4 Å². The predicted molar refractivity (Wildman–Crippen MR) is 100 cm³/mol.